The van der Waals surface area contributed by atoms with Gasteiger partial charge in [0.05, 0.1) is 6.42 Å². The summed E-state index contributed by atoms with van der Waals surface area (Å²) in [6.45, 7) is 5.94. The molecule has 108 valence electrons. The monoisotopic (exact) mass is 266 g/mol. The highest BCUT2D eigenvalue weighted by molar-refractivity contribution is 4.86. The molecule has 2 nitrogen and oxygen atoms in total. The van der Waals surface area contributed by atoms with E-state index in [1.165, 1.54) is 12.8 Å². The molecule has 0 saturated heterocycles. The Hall–Kier alpha value is -0.290. The fourth-order valence-corrected chi connectivity index (χ4v) is 2.02. The first-order valence-electron chi connectivity index (χ1n) is 6.73. The van der Waals surface area contributed by atoms with Crippen LogP contribution in [-0.4, -0.2) is 43.8 Å². The van der Waals surface area contributed by atoms with Crippen LogP contribution in [0.5, 0.6) is 0 Å². The molecule has 0 aromatic heterocycles. The minimum atomic E-state index is -4.05. The van der Waals surface area contributed by atoms with Gasteiger partial charge in [-0.3, -0.25) is 0 Å². The first-order chi connectivity index (χ1) is 8.24. The molecule has 1 saturated carbocycles. The third-order valence-electron chi connectivity index (χ3n) is 3.68. The van der Waals surface area contributed by atoms with Gasteiger partial charge in [-0.15, -0.1) is 0 Å². The Bertz CT molecular complexity index is 251. The van der Waals surface area contributed by atoms with Gasteiger partial charge in [-0.2, -0.15) is 13.2 Å². The van der Waals surface area contributed by atoms with Crippen LogP contribution in [0.2, 0.25) is 0 Å². The second-order valence-electron chi connectivity index (χ2n) is 5.92. The van der Waals surface area contributed by atoms with Gasteiger partial charge in [-0.05, 0) is 31.7 Å². The first kappa shape index (κ1) is 15.8. The summed E-state index contributed by atoms with van der Waals surface area (Å²) in [6.07, 6.45) is -1.32. The number of hydrogen-bond donors (Lipinski definition) is 1. The maximum absolute atomic E-state index is 12.2. The Labute approximate surface area is 108 Å². The molecule has 1 fully saturated rings. The number of nitrogens with one attached hydrogen (secondary N) is 1. The molecule has 1 rings (SSSR count). The van der Waals surface area contributed by atoms with Crippen LogP contribution in [0.25, 0.3) is 0 Å². The van der Waals surface area contributed by atoms with Crippen molar-refractivity contribution in [3.05, 3.63) is 0 Å². The third kappa shape index (κ3) is 6.59. The van der Waals surface area contributed by atoms with E-state index in [0.717, 1.165) is 13.0 Å². The summed E-state index contributed by atoms with van der Waals surface area (Å²) in [7, 11) is 1.77. The van der Waals surface area contributed by atoms with E-state index < -0.39 is 12.6 Å². The number of rotatable bonds is 8. The quantitative estimate of drug-likeness (QED) is 0.726. The average molecular weight is 266 g/mol. The van der Waals surface area contributed by atoms with Crippen molar-refractivity contribution in [2.45, 2.75) is 51.7 Å². The van der Waals surface area contributed by atoms with E-state index in [-0.39, 0.29) is 12.0 Å². The molecule has 0 aromatic rings. The van der Waals surface area contributed by atoms with Crippen molar-refractivity contribution >= 4 is 0 Å². The van der Waals surface area contributed by atoms with Crippen LogP contribution in [0.3, 0.4) is 0 Å². The lowest BCUT2D eigenvalue weighted by atomic mass is 9.86. The Balaban J connectivity index is 2.30. The van der Waals surface area contributed by atoms with Crippen molar-refractivity contribution in [2.75, 3.05) is 26.7 Å². The zero-order valence-electron chi connectivity index (χ0n) is 11.6. The van der Waals surface area contributed by atoms with Crippen molar-refractivity contribution in [2.24, 2.45) is 5.41 Å². The second-order valence-corrected chi connectivity index (χ2v) is 5.92. The highest BCUT2D eigenvalue weighted by Gasteiger charge is 2.30. The summed E-state index contributed by atoms with van der Waals surface area (Å²) in [4.78, 5) is 1.80. The van der Waals surface area contributed by atoms with Gasteiger partial charge in [0.15, 0.2) is 0 Å². The van der Waals surface area contributed by atoms with Crippen LogP contribution in [0.1, 0.15) is 39.5 Å². The molecular weight excluding hydrogens is 241 g/mol. The van der Waals surface area contributed by atoms with Crippen LogP contribution in [0.15, 0.2) is 0 Å². The summed E-state index contributed by atoms with van der Waals surface area (Å²) in [5, 5.41) is 3.48. The van der Waals surface area contributed by atoms with Gasteiger partial charge >= 0.3 is 6.18 Å². The topological polar surface area (TPSA) is 15.3 Å². The van der Waals surface area contributed by atoms with Crippen molar-refractivity contribution in [1.29, 1.82) is 0 Å². The van der Waals surface area contributed by atoms with E-state index in [1.807, 2.05) is 0 Å². The van der Waals surface area contributed by atoms with Gasteiger partial charge in [-0.25, -0.2) is 0 Å². The fraction of sp³-hybridized carbons (Fsp3) is 1.00. The Kier molecular flexibility index (Phi) is 5.46. The molecule has 0 spiro atoms. The predicted octanol–water partition coefficient (Wildman–Crippen LogP) is 3.04. The second kappa shape index (κ2) is 6.24. The minimum Gasteiger partial charge on any atom is -0.313 e. The zero-order valence-corrected chi connectivity index (χ0v) is 11.6. The SMILES string of the molecule is CCC(C)(CNC1CC1)CN(C)CCC(F)(F)F. The van der Waals surface area contributed by atoms with Gasteiger partial charge in [0.25, 0.3) is 0 Å². The zero-order chi connectivity index (χ0) is 13.8. The lowest BCUT2D eigenvalue weighted by Gasteiger charge is -2.33. The van der Waals surface area contributed by atoms with Crippen LogP contribution in [0, 0.1) is 5.41 Å². The van der Waals surface area contributed by atoms with E-state index in [0.29, 0.717) is 12.6 Å². The maximum Gasteiger partial charge on any atom is 0.390 e. The highest BCUT2D eigenvalue weighted by Crippen LogP contribution is 2.26. The Morgan fingerprint density at radius 2 is 1.89 bits per heavy atom. The molecule has 0 bridgehead atoms. The van der Waals surface area contributed by atoms with E-state index in [1.54, 1.807) is 11.9 Å². The van der Waals surface area contributed by atoms with Gasteiger partial charge in [-0.1, -0.05) is 13.8 Å². The number of hydrogen-bond acceptors (Lipinski definition) is 2. The minimum absolute atomic E-state index is 0.0585. The predicted molar refractivity (Wildman–Crippen MR) is 67.6 cm³/mol. The summed E-state index contributed by atoms with van der Waals surface area (Å²) in [5.74, 6) is 0. The van der Waals surface area contributed by atoms with Crippen molar-refractivity contribution < 1.29 is 13.2 Å². The average Bonchev–Trinajstić information content (AvgIpc) is 3.07. The van der Waals surface area contributed by atoms with Gasteiger partial charge in [0.2, 0.25) is 0 Å². The highest BCUT2D eigenvalue weighted by atomic mass is 19.4. The van der Waals surface area contributed by atoms with Crippen LogP contribution < -0.4 is 5.32 Å². The number of nitrogens with zero attached hydrogens (tertiary/aromatic N) is 1. The molecule has 5 heteroatoms. The molecule has 1 N–H and O–H groups in total. The molecule has 1 atom stereocenters. The molecule has 0 aromatic carbocycles. The normalized spacial score (nSPS) is 20.2. The summed E-state index contributed by atoms with van der Waals surface area (Å²) >= 11 is 0. The summed E-state index contributed by atoms with van der Waals surface area (Å²) in [5.41, 5.74) is 0.0585. The molecule has 18 heavy (non-hydrogen) atoms. The van der Waals surface area contributed by atoms with Gasteiger partial charge in [0.1, 0.15) is 0 Å². The summed E-state index contributed by atoms with van der Waals surface area (Å²) < 4.78 is 36.5. The standard InChI is InChI=1S/C13H25F3N2/c1-4-12(2,9-17-11-5-6-11)10-18(3)8-7-13(14,15)16/h11,17H,4-10H2,1-3H3. The molecule has 0 radical (unpaired) electrons. The van der Waals surface area contributed by atoms with Gasteiger partial charge in [0, 0.05) is 25.7 Å². The molecule has 1 aliphatic carbocycles. The fourth-order valence-electron chi connectivity index (χ4n) is 2.02. The maximum atomic E-state index is 12.2. The lowest BCUT2D eigenvalue weighted by molar-refractivity contribution is -0.138. The Morgan fingerprint density at radius 3 is 2.33 bits per heavy atom. The number of alkyl halides is 3. The lowest BCUT2D eigenvalue weighted by Crippen LogP contribution is -2.42. The van der Waals surface area contributed by atoms with Crippen LogP contribution in [0.4, 0.5) is 13.2 Å². The number of halogens is 3. The van der Waals surface area contributed by atoms with E-state index in [2.05, 4.69) is 19.2 Å². The van der Waals surface area contributed by atoms with E-state index >= 15 is 0 Å². The van der Waals surface area contributed by atoms with Crippen molar-refractivity contribution in [3.63, 3.8) is 0 Å². The third-order valence-corrected chi connectivity index (χ3v) is 3.68. The Morgan fingerprint density at radius 1 is 1.28 bits per heavy atom. The van der Waals surface area contributed by atoms with Crippen LogP contribution in [-0.2, 0) is 0 Å². The van der Waals surface area contributed by atoms with E-state index in [4.69, 9.17) is 0 Å². The van der Waals surface area contributed by atoms with Crippen molar-refractivity contribution in [3.8, 4) is 0 Å². The smallest absolute Gasteiger partial charge is 0.313 e. The first-order valence-corrected chi connectivity index (χ1v) is 6.73. The molecule has 1 aliphatic rings. The largest absolute Gasteiger partial charge is 0.390 e. The molecule has 0 heterocycles. The van der Waals surface area contributed by atoms with Crippen LogP contribution >= 0.6 is 0 Å². The molecule has 0 amide bonds. The summed E-state index contributed by atoms with van der Waals surface area (Å²) in [6, 6.07) is 0.649. The molecular formula is C13H25F3N2. The van der Waals surface area contributed by atoms with E-state index in [9.17, 15) is 13.2 Å². The molecule has 1 unspecified atom stereocenters. The van der Waals surface area contributed by atoms with Crippen molar-refractivity contribution in [1.82, 2.24) is 10.2 Å². The molecule has 0 aliphatic heterocycles. The van der Waals surface area contributed by atoms with Gasteiger partial charge < -0.3 is 10.2 Å².